The first-order valence-corrected chi connectivity index (χ1v) is 14.0. The van der Waals surface area contributed by atoms with E-state index in [9.17, 15) is 9.59 Å². The first-order valence-electron chi connectivity index (χ1n) is 13.6. The van der Waals surface area contributed by atoms with E-state index in [1.165, 1.54) is 5.56 Å². The van der Waals surface area contributed by atoms with E-state index in [2.05, 4.69) is 22.0 Å². The number of rotatable bonds is 8. The van der Waals surface area contributed by atoms with Crippen molar-refractivity contribution in [3.8, 4) is 0 Å². The molecule has 0 spiro atoms. The molecule has 0 N–H and O–H groups in total. The number of halogens is 1. The van der Waals surface area contributed by atoms with Crippen molar-refractivity contribution in [2.45, 2.75) is 45.3 Å². The number of methoxy groups -OCH3 is 1. The maximum absolute atomic E-state index is 13.5. The standard InChI is InChI=1S/C30H38ClN5O3/c1-39-23-30(38)36-19-6-17-33(21-25-10-12-27(31)13-11-25)16-5-18-35(22-26-7-2-3-8-28(26)36)29(37)9-4-15-34-20-14-32-24-34/h2-3,7-8,10-14,20,24H,4-6,9,15-19,21-23H2,1H3. The number of nitrogens with zero attached hydrogens (tertiary/aromatic N) is 5. The number of anilines is 1. The molecule has 4 rings (SSSR count). The third-order valence-corrected chi connectivity index (χ3v) is 7.26. The van der Waals surface area contributed by atoms with E-state index in [0.29, 0.717) is 26.1 Å². The molecule has 0 unspecified atom stereocenters. The van der Waals surface area contributed by atoms with Crippen molar-refractivity contribution in [2.75, 3.05) is 44.8 Å². The fraction of sp³-hybridized carbons (Fsp3) is 0.433. The Balaban J connectivity index is 1.54. The molecule has 3 aromatic rings. The summed E-state index contributed by atoms with van der Waals surface area (Å²) in [5.74, 6) is 0.0467. The van der Waals surface area contributed by atoms with Gasteiger partial charge in [-0.05, 0) is 48.6 Å². The lowest BCUT2D eigenvalue weighted by Gasteiger charge is -2.31. The zero-order valence-corrected chi connectivity index (χ0v) is 23.4. The van der Waals surface area contributed by atoms with Crippen molar-refractivity contribution >= 4 is 29.1 Å². The van der Waals surface area contributed by atoms with Crippen molar-refractivity contribution in [1.29, 1.82) is 0 Å². The first-order chi connectivity index (χ1) is 19.0. The Morgan fingerprint density at radius 1 is 0.974 bits per heavy atom. The fourth-order valence-electron chi connectivity index (χ4n) is 5.03. The van der Waals surface area contributed by atoms with Crippen molar-refractivity contribution in [3.05, 3.63) is 83.4 Å². The highest BCUT2D eigenvalue weighted by atomic mass is 35.5. The Hall–Kier alpha value is -3.20. The van der Waals surface area contributed by atoms with Crippen LogP contribution in [-0.4, -0.2) is 71.1 Å². The van der Waals surface area contributed by atoms with E-state index in [0.717, 1.165) is 61.7 Å². The van der Waals surface area contributed by atoms with E-state index in [1.807, 2.05) is 57.0 Å². The molecular formula is C30H38ClN5O3. The number of aromatic nitrogens is 2. The van der Waals surface area contributed by atoms with Crippen LogP contribution in [0.25, 0.3) is 0 Å². The lowest BCUT2D eigenvalue weighted by atomic mass is 10.1. The molecule has 1 aliphatic rings. The van der Waals surface area contributed by atoms with E-state index in [4.69, 9.17) is 16.3 Å². The van der Waals surface area contributed by atoms with Gasteiger partial charge in [0.25, 0.3) is 5.91 Å². The smallest absolute Gasteiger partial charge is 0.252 e. The monoisotopic (exact) mass is 551 g/mol. The van der Waals surface area contributed by atoms with Crippen LogP contribution in [0.2, 0.25) is 5.02 Å². The van der Waals surface area contributed by atoms with Crippen LogP contribution in [0.1, 0.15) is 36.8 Å². The Morgan fingerprint density at radius 3 is 2.49 bits per heavy atom. The summed E-state index contributed by atoms with van der Waals surface area (Å²) in [6.07, 6.45) is 8.34. The number of hydrogen-bond donors (Lipinski definition) is 0. The first kappa shape index (κ1) is 28.8. The molecule has 1 aromatic heterocycles. The van der Waals surface area contributed by atoms with Gasteiger partial charge >= 0.3 is 0 Å². The average Bonchev–Trinajstić information content (AvgIpc) is 3.45. The molecule has 0 saturated carbocycles. The van der Waals surface area contributed by atoms with E-state index >= 15 is 0 Å². The molecule has 0 atom stereocenters. The van der Waals surface area contributed by atoms with Crippen LogP contribution in [0.15, 0.2) is 67.3 Å². The summed E-state index contributed by atoms with van der Waals surface area (Å²) in [6.45, 7) is 4.95. The number of amides is 2. The number of hydrogen-bond acceptors (Lipinski definition) is 5. The molecule has 2 amide bonds. The molecule has 0 fully saturated rings. The second-order valence-corrected chi connectivity index (χ2v) is 10.4. The molecule has 9 heteroatoms. The van der Waals surface area contributed by atoms with Crippen LogP contribution in [0.5, 0.6) is 0 Å². The highest BCUT2D eigenvalue weighted by Gasteiger charge is 2.23. The minimum Gasteiger partial charge on any atom is -0.375 e. The van der Waals surface area contributed by atoms with Crippen molar-refractivity contribution < 1.29 is 14.3 Å². The Bertz CT molecular complexity index is 1190. The lowest BCUT2D eigenvalue weighted by molar-refractivity contribution is -0.132. The number of carbonyl (C=O) groups excluding carboxylic acids is 2. The summed E-state index contributed by atoms with van der Waals surface area (Å²) in [5, 5.41) is 0.723. The quantitative estimate of drug-likeness (QED) is 0.408. The highest BCUT2D eigenvalue weighted by Crippen LogP contribution is 2.24. The predicted octanol–water partition coefficient (Wildman–Crippen LogP) is 4.62. The zero-order valence-electron chi connectivity index (χ0n) is 22.7. The fourth-order valence-corrected chi connectivity index (χ4v) is 5.16. The topological polar surface area (TPSA) is 70.9 Å². The van der Waals surface area contributed by atoms with Gasteiger partial charge in [-0.15, -0.1) is 0 Å². The third-order valence-electron chi connectivity index (χ3n) is 7.01. The van der Waals surface area contributed by atoms with Gasteiger partial charge in [-0.25, -0.2) is 4.98 Å². The summed E-state index contributed by atoms with van der Waals surface area (Å²) >= 11 is 6.10. The molecule has 39 heavy (non-hydrogen) atoms. The minimum absolute atomic E-state index is 0.0136. The Morgan fingerprint density at radius 2 is 1.74 bits per heavy atom. The van der Waals surface area contributed by atoms with Gasteiger partial charge in [0.15, 0.2) is 0 Å². The molecule has 2 heterocycles. The van der Waals surface area contributed by atoms with Crippen LogP contribution in [0, 0.1) is 0 Å². The highest BCUT2D eigenvalue weighted by molar-refractivity contribution is 6.30. The Labute approximate surface area is 236 Å². The van der Waals surface area contributed by atoms with Gasteiger partial charge in [0, 0.05) is 82.4 Å². The predicted molar refractivity (Wildman–Crippen MR) is 154 cm³/mol. The van der Waals surface area contributed by atoms with Gasteiger partial charge in [0.1, 0.15) is 6.61 Å². The Kier molecular flexibility index (Phi) is 10.9. The van der Waals surface area contributed by atoms with Crippen LogP contribution in [0.3, 0.4) is 0 Å². The van der Waals surface area contributed by atoms with Gasteiger partial charge in [-0.3, -0.25) is 14.5 Å². The van der Waals surface area contributed by atoms with Crippen LogP contribution in [0.4, 0.5) is 5.69 Å². The summed E-state index contributed by atoms with van der Waals surface area (Å²) in [4.78, 5) is 36.8. The van der Waals surface area contributed by atoms with E-state index in [1.54, 1.807) is 19.6 Å². The van der Waals surface area contributed by atoms with Gasteiger partial charge < -0.3 is 19.1 Å². The van der Waals surface area contributed by atoms with Crippen LogP contribution >= 0.6 is 11.6 Å². The molecule has 1 aliphatic heterocycles. The second kappa shape index (κ2) is 14.8. The van der Waals surface area contributed by atoms with Gasteiger partial charge in [0.2, 0.25) is 5.91 Å². The number of aryl methyl sites for hydroxylation is 1. The van der Waals surface area contributed by atoms with Crippen molar-refractivity contribution in [3.63, 3.8) is 0 Å². The molecule has 0 aliphatic carbocycles. The molecule has 0 saturated heterocycles. The van der Waals surface area contributed by atoms with Crippen LogP contribution in [-0.2, 0) is 34.0 Å². The SMILES string of the molecule is COCC(=O)N1CCCN(Cc2ccc(Cl)cc2)CCCN(C(=O)CCCn2ccnc2)Cc2ccccc21. The number of ether oxygens (including phenoxy) is 1. The maximum Gasteiger partial charge on any atom is 0.252 e. The molecule has 2 aromatic carbocycles. The number of fused-ring (bicyclic) bond motifs is 1. The molecule has 0 bridgehead atoms. The second-order valence-electron chi connectivity index (χ2n) is 9.94. The maximum atomic E-state index is 13.5. The summed E-state index contributed by atoms with van der Waals surface area (Å²) in [7, 11) is 1.54. The molecule has 8 nitrogen and oxygen atoms in total. The van der Waals surface area contributed by atoms with Crippen molar-refractivity contribution in [2.24, 2.45) is 0 Å². The van der Waals surface area contributed by atoms with Crippen LogP contribution < -0.4 is 4.90 Å². The number of carbonyl (C=O) groups is 2. The van der Waals surface area contributed by atoms with Crippen molar-refractivity contribution in [1.82, 2.24) is 19.4 Å². The van der Waals surface area contributed by atoms with Gasteiger partial charge in [0.05, 0.1) is 6.33 Å². The van der Waals surface area contributed by atoms with Gasteiger partial charge in [-0.1, -0.05) is 41.9 Å². The number of imidazole rings is 1. The zero-order chi connectivity index (χ0) is 27.5. The lowest BCUT2D eigenvalue weighted by Crippen LogP contribution is -2.40. The molecule has 0 radical (unpaired) electrons. The van der Waals surface area contributed by atoms with E-state index in [-0.39, 0.29) is 18.4 Å². The average molecular weight is 552 g/mol. The minimum atomic E-state index is -0.0792. The van der Waals surface area contributed by atoms with Gasteiger partial charge in [-0.2, -0.15) is 0 Å². The summed E-state index contributed by atoms with van der Waals surface area (Å²) in [6, 6.07) is 15.9. The number of para-hydroxylation sites is 1. The summed E-state index contributed by atoms with van der Waals surface area (Å²) in [5.41, 5.74) is 3.01. The molecular weight excluding hydrogens is 514 g/mol. The van der Waals surface area contributed by atoms with E-state index < -0.39 is 0 Å². The summed E-state index contributed by atoms with van der Waals surface area (Å²) < 4.78 is 7.20. The number of benzene rings is 2. The molecule has 208 valence electrons. The normalized spacial score (nSPS) is 15.3. The third kappa shape index (κ3) is 8.65. The largest absolute Gasteiger partial charge is 0.375 e.